The highest BCUT2D eigenvalue weighted by Gasteiger charge is 2.04. The molecule has 0 bridgehead atoms. The number of hydrogen-bond donors (Lipinski definition) is 0. The molecule has 0 aliphatic heterocycles. The highest BCUT2D eigenvalue weighted by Crippen LogP contribution is 2.28. The standard InChI is InChI=1S/C13H9BrN2OS/c1-8-15-13(18-16-8)17-12-5-3-9-6-11(14)4-2-10(9)7-12/h2-7H,1H3. The molecule has 1 heterocycles. The first-order valence-corrected chi connectivity index (χ1v) is 6.95. The van der Waals surface area contributed by atoms with Gasteiger partial charge in [0.1, 0.15) is 11.6 Å². The first-order chi connectivity index (χ1) is 8.70. The number of ether oxygens (including phenoxy) is 1. The monoisotopic (exact) mass is 320 g/mol. The highest BCUT2D eigenvalue weighted by atomic mass is 79.9. The summed E-state index contributed by atoms with van der Waals surface area (Å²) >= 11 is 4.72. The van der Waals surface area contributed by atoms with Crippen molar-refractivity contribution >= 4 is 38.2 Å². The van der Waals surface area contributed by atoms with Gasteiger partial charge in [0, 0.05) is 16.0 Å². The Balaban J connectivity index is 1.96. The Hall–Kier alpha value is -1.46. The number of fused-ring (bicyclic) bond motifs is 1. The van der Waals surface area contributed by atoms with E-state index in [4.69, 9.17) is 4.74 Å². The molecule has 5 heteroatoms. The summed E-state index contributed by atoms with van der Waals surface area (Å²) < 4.78 is 10.8. The minimum atomic E-state index is 0.573. The van der Waals surface area contributed by atoms with Crippen LogP contribution in [0.25, 0.3) is 10.8 Å². The van der Waals surface area contributed by atoms with Crippen molar-refractivity contribution < 1.29 is 4.74 Å². The van der Waals surface area contributed by atoms with Gasteiger partial charge in [0.25, 0.3) is 5.19 Å². The fourth-order valence-corrected chi connectivity index (χ4v) is 2.61. The highest BCUT2D eigenvalue weighted by molar-refractivity contribution is 9.10. The molecule has 18 heavy (non-hydrogen) atoms. The van der Waals surface area contributed by atoms with Gasteiger partial charge in [0.15, 0.2) is 0 Å². The van der Waals surface area contributed by atoms with E-state index in [9.17, 15) is 0 Å². The molecule has 1 aromatic heterocycles. The van der Waals surface area contributed by atoms with Crippen LogP contribution in [-0.4, -0.2) is 9.36 Å². The zero-order valence-electron chi connectivity index (χ0n) is 9.55. The number of rotatable bonds is 2. The van der Waals surface area contributed by atoms with E-state index in [1.54, 1.807) is 0 Å². The fraction of sp³-hybridized carbons (Fsp3) is 0.0769. The van der Waals surface area contributed by atoms with E-state index < -0.39 is 0 Å². The molecular formula is C13H9BrN2OS. The minimum Gasteiger partial charge on any atom is -0.430 e. The Bertz CT molecular complexity index is 711. The van der Waals surface area contributed by atoms with Crippen molar-refractivity contribution in [3.8, 4) is 10.9 Å². The van der Waals surface area contributed by atoms with Crippen LogP contribution in [0, 0.1) is 6.92 Å². The molecule has 3 nitrogen and oxygen atoms in total. The van der Waals surface area contributed by atoms with Crippen molar-refractivity contribution in [3.05, 3.63) is 46.7 Å². The minimum absolute atomic E-state index is 0.573. The van der Waals surface area contributed by atoms with E-state index in [1.807, 2.05) is 31.2 Å². The van der Waals surface area contributed by atoms with E-state index in [1.165, 1.54) is 16.9 Å². The Morgan fingerprint density at radius 3 is 2.67 bits per heavy atom. The Morgan fingerprint density at radius 2 is 1.89 bits per heavy atom. The summed E-state index contributed by atoms with van der Waals surface area (Å²) in [6, 6.07) is 12.1. The summed E-state index contributed by atoms with van der Waals surface area (Å²) in [5, 5.41) is 2.88. The van der Waals surface area contributed by atoms with Gasteiger partial charge in [-0.25, -0.2) is 0 Å². The molecule has 0 spiro atoms. The van der Waals surface area contributed by atoms with Gasteiger partial charge in [0.05, 0.1) is 0 Å². The van der Waals surface area contributed by atoms with Gasteiger partial charge in [0.2, 0.25) is 0 Å². The first kappa shape index (κ1) is 11.6. The number of halogens is 1. The van der Waals surface area contributed by atoms with Gasteiger partial charge < -0.3 is 4.74 Å². The average Bonchev–Trinajstić information content (AvgIpc) is 2.75. The molecule has 2 aromatic carbocycles. The number of aromatic nitrogens is 2. The van der Waals surface area contributed by atoms with Crippen LogP contribution in [0.15, 0.2) is 40.9 Å². The van der Waals surface area contributed by atoms with E-state index in [0.29, 0.717) is 5.19 Å². The van der Waals surface area contributed by atoms with Gasteiger partial charge in [-0.3, -0.25) is 0 Å². The number of nitrogens with zero attached hydrogens (tertiary/aromatic N) is 2. The number of aryl methyl sites for hydroxylation is 1. The molecule has 0 radical (unpaired) electrons. The van der Waals surface area contributed by atoms with Crippen molar-refractivity contribution in [2.75, 3.05) is 0 Å². The van der Waals surface area contributed by atoms with Crippen LogP contribution in [0.3, 0.4) is 0 Å². The predicted octanol–water partition coefficient (Wildman–Crippen LogP) is 4.55. The molecule has 0 unspecified atom stereocenters. The SMILES string of the molecule is Cc1nsc(Oc2ccc3cc(Br)ccc3c2)n1. The smallest absolute Gasteiger partial charge is 0.298 e. The van der Waals surface area contributed by atoms with Crippen molar-refractivity contribution in [3.63, 3.8) is 0 Å². The summed E-state index contributed by atoms with van der Waals surface area (Å²) in [6.07, 6.45) is 0. The van der Waals surface area contributed by atoms with E-state index in [2.05, 4.69) is 37.4 Å². The fourth-order valence-electron chi connectivity index (χ4n) is 1.68. The van der Waals surface area contributed by atoms with Crippen molar-refractivity contribution in [2.45, 2.75) is 6.92 Å². The Morgan fingerprint density at radius 1 is 1.11 bits per heavy atom. The lowest BCUT2D eigenvalue weighted by Crippen LogP contribution is -1.84. The van der Waals surface area contributed by atoms with Crippen LogP contribution in [-0.2, 0) is 0 Å². The van der Waals surface area contributed by atoms with Crippen LogP contribution in [0.4, 0.5) is 0 Å². The maximum absolute atomic E-state index is 5.67. The second-order valence-electron chi connectivity index (χ2n) is 3.86. The lowest BCUT2D eigenvalue weighted by Gasteiger charge is -2.03. The second-order valence-corrected chi connectivity index (χ2v) is 5.49. The third-order valence-electron chi connectivity index (χ3n) is 2.49. The molecule has 3 aromatic rings. The van der Waals surface area contributed by atoms with Crippen LogP contribution in [0.5, 0.6) is 10.9 Å². The van der Waals surface area contributed by atoms with Crippen LogP contribution in [0.1, 0.15) is 5.82 Å². The van der Waals surface area contributed by atoms with Gasteiger partial charge in [-0.1, -0.05) is 28.1 Å². The zero-order valence-corrected chi connectivity index (χ0v) is 12.0. The molecular weight excluding hydrogens is 312 g/mol. The van der Waals surface area contributed by atoms with Crippen LogP contribution in [0.2, 0.25) is 0 Å². The van der Waals surface area contributed by atoms with Gasteiger partial charge in [-0.05, 0) is 42.0 Å². The molecule has 0 fully saturated rings. The molecule has 0 atom stereocenters. The molecule has 0 aliphatic carbocycles. The normalized spacial score (nSPS) is 10.8. The molecule has 0 N–H and O–H groups in total. The van der Waals surface area contributed by atoms with Gasteiger partial charge in [-0.2, -0.15) is 9.36 Å². The van der Waals surface area contributed by atoms with Crippen LogP contribution >= 0.6 is 27.5 Å². The lowest BCUT2D eigenvalue weighted by molar-refractivity contribution is 0.478. The largest absolute Gasteiger partial charge is 0.430 e. The number of hydrogen-bond acceptors (Lipinski definition) is 4. The van der Waals surface area contributed by atoms with Crippen molar-refractivity contribution in [2.24, 2.45) is 0 Å². The zero-order chi connectivity index (χ0) is 12.5. The molecule has 0 saturated carbocycles. The maximum Gasteiger partial charge on any atom is 0.298 e. The predicted molar refractivity (Wildman–Crippen MR) is 76.4 cm³/mol. The summed E-state index contributed by atoms with van der Waals surface area (Å²) in [4.78, 5) is 4.18. The third-order valence-corrected chi connectivity index (χ3v) is 3.67. The summed E-state index contributed by atoms with van der Waals surface area (Å²) in [5.74, 6) is 1.51. The molecule has 0 aliphatic rings. The second kappa shape index (κ2) is 4.66. The van der Waals surface area contributed by atoms with Gasteiger partial charge >= 0.3 is 0 Å². The van der Waals surface area contributed by atoms with Crippen molar-refractivity contribution in [1.29, 1.82) is 0 Å². The maximum atomic E-state index is 5.67. The Kier molecular flexibility index (Phi) is 3.01. The van der Waals surface area contributed by atoms with E-state index in [0.717, 1.165) is 21.4 Å². The summed E-state index contributed by atoms with van der Waals surface area (Å²) in [6.45, 7) is 1.85. The van der Waals surface area contributed by atoms with E-state index in [-0.39, 0.29) is 0 Å². The average molecular weight is 321 g/mol. The summed E-state index contributed by atoms with van der Waals surface area (Å²) in [7, 11) is 0. The van der Waals surface area contributed by atoms with Gasteiger partial charge in [-0.15, -0.1) is 0 Å². The van der Waals surface area contributed by atoms with Crippen LogP contribution < -0.4 is 4.74 Å². The molecule has 0 saturated heterocycles. The molecule has 3 rings (SSSR count). The Labute approximate surface area is 117 Å². The summed E-state index contributed by atoms with van der Waals surface area (Å²) in [5.41, 5.74) is 0. The molecule has 0 amide bonds. The van der Waals surface area contributed by atoms with Crippen molar-refractivity contribution in [1.82, 2.24) is 9.36 Å². The lowest BCUT2D eigenvalue weighted by atomic mass is 10.1. The number of benzene rings is 2. The quantitative estimate of drug-likeness (QED) is 0.694. The topological polar surface area (TPSA) is 35.0 Å². The molecule has 90 valence electrons. The third kappa shape index (κ3) is 2.37. The van der Waals surface area contributed by atoms with E-state index >= 15 is 0 Å². The first-order valence-electron chi connectivity index (χ1n) is 5.38.